The molecule has 12 heavy (non-hydrogen) atoms. The lowest BCUT2D eigenvalue weighted by molar-refractivity contribution is -0.350. The van der Waals surface area contributed by atoms with Crippen LogP contribution < -0.4 is 0 Å². The quantitative estimate of drug-likeness (QED) is 0.371. The third-order valence-electron chi connectivity index (χ3n) is 2.08. The van der Waals surface area contributed by atoms with Crippen molar-refractivity contribution in [3.8, 4) is 0 Å². The highest BCUT2D eigenvalue weighted by Crippen LogP contribution is 2.29. The van der Waals surface area contributed by atoms with E-state index in [4.69, 9.17) is 15.3 Å². The van der Waals surface area contributed by atoms with Crippen molar-refractivity contribution < 1.29 is 24.9 Å². The molecule has 5 heteroatoms. The van der Waals surface area contributed by atoms with Crippen LogP contribution in [0.25, 0.3) is 0 Å². The molecule has 0 amide bonds. The molecule has 0 aliphatic heterocycles. The summed E-state index contributed by atoms with van der Waals surface area (Å²) in [6.45, 7) is 2.97. The molecule has 3 N–H and O–H groups in total. The van der Waals surface area contributed by atoms with Gasteiger partial charge < -0.3 is 15.3 Å². The Kier molecular flexibility index (Phi) is 2.74. The van der Waals surface area contributed by atoms with Crippen molar-refractivity contribution in [1.29, 1.82) is 0 Å². The number of aliphatic hydroxyl groups is 3. The Morgan fingerprint density at radius 1 is 1.00 bits per heavy atom. The summed E-state index contributed by atoms with van der Waals surface area (Å²) >= 11 is 0. The van der Waals surface area contributed by atoms with Gasteiger partial charge in [0.2, 0.25) is 0 Å². The Hall–Kier alpha value is -0.780. The number of hydrogen-bond acceptors (Lipinski definition) is 5. The summed E-state index contributed by atoms with van der Waals surface area (Å²) in [5.41, 5.74) is -2.17. The van der Waals surface area contributed by atoms with E-state index in [0.29, 0.717) is 0 Å². The molecule has 0 heterocycles. The molecule has 0 radical (unpaired) electrons. The van der Waals surface area contributed by atoms with Crippen LogP contribution in [-0.4, -0.2) is 32.9 Å². The van der Waals surface area contributed by atoms with Gasteiger partial charge in [0.05, 0.1) is 0 Å². The normalized spacial score (nSPS) is 12.8. The van der Waals surface area contributed by atoms with Gasteiger partial charge in [-0.25, -0.2) is 0 Å². The highest BCUT2D eigenvalue weighted by Gasteiger charge is 2.52. The third kappa shape index (κ3) is 1.52. The van der Waals surface area contributed by atoms with Crippen LogP contribution in [0.5, 0.6) is 0 Å². The number of Topliss-reactive ketones (excluding diaryl/α,β-unsaturated/α-hetero) is 2. The number of hydrogen-bond donors (Lipinski definition) is 3. The Bertz CT molecular complexity index is 198. The van der Waals surface area contributed by atoms with Gasteiger partial charge in [0.15, 0.2) is 17.0 Å². The Balaban J connectivity index is 5.17. The van der Waals surface area contributed by atoms with Crippen LogP contribution in [0.1, 0.15) is 20.8 Å². The van der Waals surface area contributed by atoms with Gasteiger partial charge in [-0.15, -0.1) is 0 Å². The fraction of sp³-hybridized carbons (Fsp3) is 0.714. The molecular formula is C7H12O5. The van der Waals surface area contributed by atoms with Crippen LogP contribution in [0.2, 0.25) is 0 Å². The van der Waals surface area contributed by atoms with Crippen molar-refractivity contribution in [2.75, 3.05) is 0 Å². The number of carbonyl (C=O) groups excluding carboxylic acids is 2. The monoisotopic (exact) mass is 176 g/mol. The minimum Gasteiger partial charge on any atom is -0.342 e. The Morgan fingerprint density at radius 2 is 1.25 bits per heavy atom. The molecule has 70 valence electrons. The topological polar surface area (TPSA) is 94.8 Å². The van der Waals surface area contributed by atoms with Crippen LogP contribution in [0.15, 0.2) is 0 Å². The van der Waals surface area contributed by atoms with Crippen molar-refractivity contribution in [3.63, 3.8) is 0 Å². The maximum absolute atomic E-state index is 10.9. The molecular weight excluding hydrogens is 164 g/mol. The molecule has 0 aromatic rings. The van der Waals surface area contributed by atoms with Crippen LogP contribution in [0, 0.1) is 5.41 Å². The number of rotatable bonds is 3. The highest BCUT2D eigenvalue weighted by molar-refractivity contribution is 6.05. The SMILES string of the molecule is CC(=O)C(C)(C(C)=O)C(O)(O)O. The van der Waals surface area contributed by atoms with E-state index >= 15 is 0 Å². The molecule has 0 atom stereocenters. The molecule has 0 fully saturated rings. The standard InChI is InChI=1S/C7H12O5/c1-4(8)6(3,5(2)9)7(10,11)12/h10-12H,1-3H3. The largest absolute Gasteiger partial charge is 0.342 e. The van der Waals surface area contributed by atoms with Gasteiger partial charge in [0.1, 0.15) is 0 Å². The number of carbonyl (C=O) groups is 2. The molecule has 5 nitrogen and oxygen atoms in total. The van der Waals surface area contributed by atoms with Crippen LogP contribution in [0.3, 0.4) is 0 Å². The summed E-state index contributed by atoms with van der Waals surface area (Å²) in [7, 11) is 0. The average molecular weight is 176 g/mol. The zero-order valence-corrected chi connectivity index (χ0v) is 7.16. The fourth-order valence-electron chi connectivity index (χ4n) is 0.720. The molecule has 0 bridgehead atoms. The molecule has 0 aliphatic carbocycles. The zero-order valence-electron chi connectivity index (χ0n) is 7.16. The summed E-state index contributed by atoms with van der Waals surface area (Å²) in [4.78, 5) is 21.7. The van der Waals surface area contributed by atoms with Crippen molar-refractivity contribution >= 4 is 11.6 Å². The highest BCUT2D eigenvalue weighted by atomic mass is 16.7. The zero-order chi connectivity index (χ0) is 10.2. The van der Waals surface area contributed by atoms with E-state index in [1.54, 1.807) is 0 Å². The second kappa shape index (κ2) is 2.93. The van der Waals surface area contributed by atoms with Gasteiger partial charge >= 0.3 is 0 Å². The van der Waals surface area contributed by atoms with E-state index in [-0.39, 0.29) is 0 Å². The molecule has 0 unspecified atom stereocenters. The predicted molar refractivity (Wildman–Crippen MR) is 38.9 cm³/mol. The van der Waals surface area contributed by atoms with Gasteiger partial charge in [-0.1, -0.05) is 0 Å². The van der Waals surface area contributed by atoms with Gasteiger partial charge in [-0.3, -0.25) is 9.59 Å². The summed E-state index contributed by atoms with van der Waals surface area (Å²) in [5, 5.41) is 26.2. The first-order valence-electron chi connectivity index (χ1n) is 3.33. The first-order chi connectivity index (χ1) is 5.14. The van der Waals surface area contributed by atoms with E-state index in [1.165, 1.54) is 0 Å². The van der Waals surface area contributed by atoms with Gasteiger partial charge in [-0.2, -0.15) is 0 Å². The van der Waals surface area contributed by atoms with Crippen molar-refractivity contribution in [2.24, 2.45) is 5.41 Å². The van der Waals surface area contributed by atoms with Crippen LogP contribution >= 0.6 is 0 Å². The van der Waals surface area contributed by atoms with Crippen LogP contribution in [0.4, 0.5) is 0 Å². The Labute approximate surface area is 69.6 Å². The lowest BCUT2D eigenvalue weighted by atomic mass is 9.80. The van der Waals surface area contributed by atoms with Crippen molar-refractivity contribution in [2.45, 2.75) is 26.7 Å². The van der Waals surface area contributed by atoms with Gasteiger partial charge in [-0.05, 0) is 20.8 Å². The predicted octanol–water partition coefficient (Wildman–Crippen LogP) is -1.20. The van der Waals surface area contributed by atoms with Crippen molar-refractivity contribution in [1.82, 2.24) is 0 Å². The minimum atomic E-state index is -3.30. The molecule has 0 rings (SSSR count). The summed E-state index contributed by atoms with van der Waals surface area (Å²) in [5.74, 6) is -4.91. The van der Waals surface area contributed by atoms with E-state index in [0.717, 1.165) is 20.8 Å². The van der Waals surface area contributed by atoms with E-state index in [1.807, 2.05) is 0 Å². The molecule has 0 aromatic heterocycles. The molecule has 0 saturated heterocycles. The van der Waals surface area contributed by atoms with Crippen LogP contribution in [-0.2, 0) is 9.59 Å². The third-order valence-corrected chi connectivity index (χ3v) is 2.08. The lowest BCUT2D eigenvalue weighted by Gasteiger charge is -2.31. The maximum Gasteiger partial charge on any atom is 0.295 e. The second-order valence-electron chi connectivity index (χ2n) is 2.87. The van der Waals surface area contributed by atoms with E-state index in [9.17, 15) is 9.59 Å². The minimum absolute atomic E-state index is 0.803. The summed E-state index contributed by atoms with van der Waals surface area (Å²) in [6, 6.07) is 0. The molecule has 0 spiro atoms. The first-order valence-corrected chi connectivity index (χ1v) is 3.33. The maximum atomic E-state index is 10.9. The molecule has 0 saturated carbocycles. The van der Waals surface area contributed by atoms with E-state index < -0.39 is 23.0 Å². The Morgan fingerprint density at radius 3 is 1.25 bits per heavy atom. The van der Waals surface area contributed by atoms with Gasteiger partial charge in [0.25, 0.3) is 5.97 Å². The first kappa shape index (κ1) is 11.2. The fourth-order valence-corrected chi connectivity index (χ4v) is 0.720. The molecule has 0 aliphatic rings. The van der Waals surface area contributed by atoms with Gasteiger partial charge in [0, 0.05) is 0 Å². The summed E-state index contributed by atoms with van der Waals surface area (Å²) < 4.78 is 0. The van der Waals surface area contributed by atoms with E-state index in [2.05, 4.69) is 0 Å². The lowest BCUT2D eigenvalue weighted by Crippen LogP contribution is -2.54. The molecule has 0 aromatic carbocycles. The number of ketones is 2. The summed E-state index contributed by atoms with van der Waals surface area (Å²) in [6.07, 6.45) is 0. The van der Waals surface area contributed by atoms with Crippen molar-refractivity contribution in [3.05, 3.63) is 0 Å². The average Bonchev–Trinajstić information content (AvgIpc) is 1.82. The second-order valence-corrected chi connectivity index (χ2v) is 2.87. The smallest absolute Gasteiger partial charge is 0.295 e.